The van der Waals surface area contributed by atoms with Gasteiger partial charge in [0.15, 0.2) is 6.79 Å². The first kappa shape index (κ1) is 19.6. The number of amides is 1. The zero-order valence-corrected chi connectivity index (χ0v) is 15.4. The van der Waals surface area contributed by atoms with Gasteiger partial charge in [0.25, 0.3) is 5.69 Å². The Kier molecular flexibility index (Phi) is 6.75. The van der Waals surface area contributed by atoms with Gasteiger partial charge in [-0.05, 0) is 30.9 Å². The fraction of sp³-hybridized carbons (Fsp3) is 0.286. The molecule has 0 saturated heterocycles. The topological polar surface area (TPSA) is 90.7 Å². The Morgan fingerprint density at radius 1 is 1.21 bits per heavy atom. The van der Waals surface area contributed by atoms with Crippen molar-refractivity contribution in [1.29, 1.82) is 0 Å². The number of nitrogens with one attached hydrogen (secondary N) is 1. The van der Waals surface area contributed by atoms with Gasteiger partial charge in [-0.1, -0.05) is 30.3 Å². The average molecular weight is 382 g/mol. The number of nitro benzene ring substituents is 1. The highest BCUT2D eigenvalue weighted by atomic mass is 16.7. The number of fused-ring (bicyclic) bond motifs is 1. The fourth-order valence-electron chi connectivity index (χ4n) is 3.00. The Balaban J connectivity index is 1.52. The van der Waals surface area contributed by atoms with Gasteiger partial charge in [-0.25, -0.2) is 0 Å². The summed E-state index contributed by atoms with van der Waals surface area (Å²) in [5, 5.41) is 13.9. The number of carbonyl (C=O) groups is 1. The van der Waals surface area contributed by atoms with E-state index in [2.05, 4.69) is 17.4 Å². The Bertz CT molecular complexity index is 865. The van der Waals surface area contributed by atoms with Crippen LogP contribution in [0.5, 0.6) is 5.75 Å². The zero-order chi connectivity index (χ0) is 19.8. The van der Waals surface area contributed by atoms with Gasteiger partial charge >= 0.3 is 0 Å². The summed E-state index contributed by atoms with van der Waals surface area (Å²) in [5.74, 6) is 0.274. The molecule has 1 aliphatic rings. The molecule has 1 aliphatic heterocycles. The van der Waals surface area contributed by atoms with Crippen molar-refractivity contribution < 1.29 is 19.2 Å². The minimum atomic E-state index is -0.473. The molecule has 28 heavy (non-hydrogen) atoms. The number of benzene rings is 2. The molecule has 1 N–H and O–H groups in total. The van der Waals surface area contributed by atoms with Crippen molar-refractivity contribution in [3.63, 3.8) is 0 Å². The van der Waals surface area contributed by atoms with Gasteiger partial charge in [-0.15, -0.1) is 0 Å². The second-order valence-electron chi connectivity index (χ2n) is 6.46. The summed E-state index contributed by atoms with van der Waals surface area (Å²) in [7, 11) is 0. The van der Waals surface area contributed by atoms with Crippen LogP contribution in [0, 0.1) is 10.1 Å². The van der Waals surface area contributed by atoms with Crippen LogP contribution in [0.2, 0.25) is 0 Å². The predicted octanol–water partition coefficient (Wildman–Crippen LogP) is 3.61. The number of hydrogen-bond acceptors (Lipinski definition) is 5. The minimum absolute atomic E-state index is 0.0613. The van der Waals surface area contributed by atoms with Crippen LogP contribution in [0.4, 0.5) is 5.69 Å². The lowest BCUT2D eigenvalue weighted by Gasteiger charge is -2.19. The molecular weight excluding hydrogens is 360 g/mol. The molecule has 146 valence electrons. The van der Waals surface area contributed by atoms with E-state index in [0.29, 0.717) is 23.4 Å². The number of hydrogen-bond donors (Lipinski definition) is 1. The number of unbranched alkanes of at least 4 members (excludes halogenated alkanes) is 1. The standard InChI is InChI=1S/C21H22N2O5/c24-20(22-11-5-4-8-16-6-2-1-3-7-16)10-9-17-12-19(23(25)26)13-18-14-27-15-28-21(17)18/h1-3,6-7,9-10,12-13H,4-5,8,11,14-15H2,(H,22,24)/b10-9+. The largest absolute Gasteiger partial charge is 0.467 e. The van der Waals surface area contributed by atoms with Crippen LogP contribution >= 0.6 is 0 Å². The second kappa shape index (κ2) is 9.66. The lowest BCUT2D eigenvalue weighted by molar-refractivity contribution is -0.385. The molecule has 0 radical (unpaired) electrons. The monoisotopic (exact) mass is 382 g/mol. The molecule has 0 bridgehead atoms. The van der Waals surface area contributed by atoms with Crippen LogP contribution in [0.3, 0.4) is 0 Å². The summed E-state index contributed by atoms with van der Waals surface area (Å²) in [6, 6.07) is 13.0. The number of nitrogens with zero attached hydrogens (tertiary/aromatic N) is 1. The Hall–Kier alpha value is -3.19. The number of rotatable bonds is 8. The third-order valence-corrected chi connectivity index (χ3v) is 4.38. The summed E-state index contributed by atoms with van der Waals surface area (Å²) >= 11 is 0. The summed E-state index contributed by atoms with van der Waals surface area (Å²) < 4.78 is 10.6. The van der Waals surface area contributed by atoms with E-state index in [1.807, 2.05) is 18.2 Å². The number of non-ortho nitro benzene ring substituents is 1. The molecule has 2 aromatic rings. The van der Waals surface area contributed by atoms with Crippen molar-refractivity contribution in [3.8, 4) is 5.75 Å². The highest BCUT2D eigenvalue weighted by Gasteiger charge is 2.19. The fourth-order valence-corrected chi connectivity index (χ4v) is 3.00. The average Bonchev–Trinajstić information content (AvgIpc) is 2.72. The molecule has 7 nitrogen and oxygen atoms in total. The number of carbonyl (C=O) groups excluding carboxylic acids is 1. The van der Waals surface area contributed by atoms with E-state index < -0.39 is 4.92 Å². The van der Waals surface area contributed by atoms with Gasteiger partial charge in [-0.2, -0.15) is 0 Å². The van der Waals surface area contributed by atoms with Gasteiger partial charge in [0, 0.05) is 35.9 Å². The maximum Gasteiger partial charge on any atom is 0.270 e. The van der Waals surface area contributed by atoms with Crippen molar-refractivity contribution in [2.45, 2.75) is 25.9 Å². The molecule has 0 aliphatic carbocycles. The molecule has 0 spiro atoms. The third-order valence-electron chi connectivity index (χ3n) is 4.38. The van der Waals surface area contributed by atoms with Gasteiger partial charge < -0.3 is 14.8 Å². The molecule has 0 saturated carbocycles. The Labute approximate surface area is 163 Å². The maximum absolute atomic E-state index is 12.0. The van der Waals surface area contributed by atoms with E-state index >= 15 is 0 Å². The van der Waals surface area contributed by atoms with Crippen LogP contribution in [-0.2, 0) is 22.6 Å². The van der Waals surface area contributed by atoms with E-state index in [4.69, 9.17) is 9.47 Å². The van der Waals surface area contributed by atoms with Crippen molar-refractivity contribution in [3.05, 3.63) is 75.3 Å². The minimum Gasteiger partial charge on any atom is -0.467 e. The number of ether oxygens (including phenoxy) is 2. The SMILES string of the molecule is O=C(/C=C/c1cc([N+](=O)[O-])cc2c1OCOC2)NCCCCc1ccccc1. The molecule has 2 aromatic carbocycles. The molecule has 7 heteroatoms. The lowest BCUT2D eigenvalue weighted by Crippen LogP contribution is -2.22. The van der Waals surface area contributed by atoms with E-state index in [0.717, 1.165) is 19.3 Å². The summed E-state index contributed by atoms with van der Waals surface area (Å²) in [6.45, 7) is 0.901. The van der Waals surface area contributed by atoms with Crippen LogP contribution in [-0.4, -0.2) is 24.2 Å². The van der Waals surface area contributed by atoms with Crippen LogP contribution < -0.4 is 10.1 Å². The number of aryl methyl sites for hydroxylation is 1. The molecule has 0 fully saturated rings. The summed E-state index contributed by atoms with van der Waals surface area (Å²) in [4.78, 5) is 22.7. The maximum atomic E-state index is 12.0. The molecule has 3 rings (SSSR count). The quantitative estimate of drug-likeness (QED) is 0.326. The highest BCUT2D eigenvalue weighted by molar-refractivity contribution is 5.92. The lowest BCUT2D eigenvalue weighted by atomic mass is 10.1. The van der Waals surface area contributed by atoms with Crippen molar-refractivity contribution in [2.24, 2.45) is 0 Å². The van der Waals surface area contributed by atoms with E-state index in [9.17, 15) is 14.9 Å². The number of nitro groups is 1. The first-order valence-corrected chi connectivity index (χ1v) is 9.15. The van der Waals surface area contributed by atoms with Crippen LogP contribution in [0.1, 0.15) is 29.5 Å². The van der Waals surface area contributed by atoms with Crippen molar-refractivity contribution >= 4 is 17.7 Å². The molecule has 0 aromatic heterocycles. The van der Waals surface area contributed by atoms with Crippen LogP contribution in [0.25, 0.3) is 6.08 Å². The molecule has 0 unspecified atom stereocenters. The molecule has 1 heterocycles. The second-order valence-corrected chi connectivity index (χ2v) is 6.46. The van der Waals surface area contributed by atoms with E-state index in [-0.39, 0.29) is 25.0 Å². The summed E-state index contributed by atoms with van der Waals surface area (Å²) in [6.07, 6.45) is 5.75. The van der Waals surface area contributed by atoms with Crippen LogP contribution in [0.15, 0.2) is 48.5 Å². The first-order valence-electron chi connectivity index (χ1n) is 9.15. The van der Waals surface area contributed by atoms with Gasteiger partial charge in [0.05, 0.1) is 11.5 Å². The Morgan fingerprint density at radius 3 is 2.82 bits per heavy atom. The summed E-state index contributed by atoms with van der Waals surface area (Å²) in [5.41, 5.74) is 2.31. The van der Waals surface area contributed by atoms with Crippen molar-refractivity contribution in [1.82, 2.24) is 5.32 Å². The van der Waals surface area contributed by atoms with Crippen molar-refractivity contribution in [2.75, 3.05) is 13.3 Å². The Morgan fingerprint density at radius 2 is 2.04 bits per heavy atom. The van der Waals surface area contributed by atoms with E-state index in [1.165, 1.54) is 29.8 Å². The smallest absolute Gasteiger partial charge is 0.270 e. The molecule has 1 amide bonds. The van der Waals surface area contributed by atoms with Gasteiger partial charge in [0.2, 0.25) is 5.91 Å². The van der Waals surface area contributed by atoms with Gasteiger partial charge in [0.1, 0.15) is 5.75 Å². The third kappa shape index (κ3) is 5.40. The normalized spacial score (nSPS) is 13.0. The predicted molar refractivity (Wildman–Crippen MR) is 105 cm³/mol. The van der Waals surface area contributed by atoms with E-state index in [1.54, 1.807) is 0 Å². The zero-order valence-electron chi connectivity index (χ0n) is 15.4. The van der Waals surface area contributed by atoms with Gasteiger partial charge in [-0.3, -0.25) is 14.9 Å². The first-order chi connectivity index (χ1) is 13.6. The molecule has 0 atom stereocenters. The molecular formula is C21H22N2O5. The highest BCUT2D eigenvalue weighted by Crippen LogP contribution is 2.33.